The van der Waals surface area contributed by atoms with Crippen LogP contribution in [0.15, 0.2) is 73.3 Å². The number of hydrogen-bond acceptors (Lipinski definition) is 1. The van der Waals surface area contributed by atoms with Gasteiger partial charge >= 0.3 is 0 Å². The predicted octanol–water partition coefficient (Wildman–Crippen LogP) is 3.66. The third kappa shape index (κ3) is 4.29. The molecule has 3 rings (SSSR count). The number of hydrogen-bond donors (Lipinski definition) is 0. The van der Waals surface area contributed by atoms with Crippen LogP contribution >= 0.6 is 0 Å². The van der Waals surface area contributed by atoms with Crippen molar-refractivity contribution in [2.24, 2.45) is 0 Å². The van der Waals surface area contributed by atoms with E-state index in [0.29, 0.717) is 0 Å². The van der Waals surface area contributed by atoms with Crippen molar-refractivity contribution in [2.75, 3.05) is 19.0 Å². The fourth-order valence-electron chi connectivity index (χ4n) is 2.94. The van der Waals surface area contributed by atoms with E-state index >= 15 is 0 Å². The highest BCUT2D eigenvalue weighted by Crippen LogP contribution is 2.22. The Kier molecular flexibility index (Phi) is 5.08. The van der Waals surface area contributed by atoms with Gasteiger partial charge in [0.15, 0.2) is 31.3 Å². The van der Waals surface area contributed by atoms with Crippen molar-refractivity contribution >= 4 is 5.69 Å². The smallest absolute Gasteiger partial charge is 0.222 e. The summed E-state index contributed by atoms with van der Waals surface area (Å²) in [6.07, 6.45) is 8.47. The number of aromatic nitrogens is 2. The first-order chi connectivity index (χ1) is 12.3. The minimum atomic E-state index is 0.201. The average molecular weight is 348 g/mol. The van der Waals surface area contributed by atoms with E-state index in [0.717, 1.165) is 12.2 Å². The zero-order valence-electron chi connectivity index (χ0n) is 16.5. The van der Waals surface area contributed by atoms with Crippen molar-refractivity contribution in [3.05, 3.63) is 84.4 Å². The number of benzene rings is 1. The lowest BCUT2D eigenvalue weighted by Gasteiger charge is -2.18. The minimum absolute atomic E-state index is 0.201. The van der Waals surface area contributed by atoms with Gasteiger partial charge in [0.25, 0.3) is 0 Å². The van der Waals surface area contributed by atoms with Crippen LogP contribution in [0.4, 0.5) is 5.69 Å². The Morgan fingerprint density at radius 1 is 0.769 bits per heavy atom. The molecule has 3 nitrogen and oxygen atoms in total. The molecule has 0 spiro atoms. The maximum atomic E-state index is 2.25. The monoisotopic (exact) mass is 347 g/mol. The Hall–Kier alpha value is -2.68. The summed E-state index contributed by atoms with van der Waals surface area (Å²) in [7, 11) is 4.11. The van der Waals surface area contributed by atoms with Crippen molar-refractivity contribution in [3.63, 3.8) is 0 Å². The molecule has 0 fully saturated rings. The lowest BCUT2D eigenvalue weighted by Crippen LogP contribution is -2.36. The number of rotatable bonds is 4. The first kappa shape index (κ1) is 18.1. The molecule has 0 atom stereocenters. The largest absolute Gasteiger partial charge is 0.377 e. The van der Waals surface area contributed by atoms with Gasteiger partial charge in [-0.2, -0.15) is 4.57 Å². The zero-order chi connectivity index (χ0) is 18.7. The Labute approximate surface area is 157 Å². The standard InChI is InChI=1S/C23H29N3/c1-23(2,3)20-8-6-19(7-9-20)18-25-14-10-22(11-15-25)26-16-12-21(13-17-26)24(4)5/h6-17H,18H2,1-5H3/q+2. The van der Waals surface area contributed by atoms with Gasteiger partial charge in [0, 0.05) is 37.5 Å². The molecule has 0 amide bonds. The molecule has 134 valence electrons. The molecular weight excluding hydrogens is 318 g/mol. The topological polar surface area (TPSA) is 11.0 Å². The van der Waals surface area contributed by atoms with Crippen LogP contribution in [0.25, 0.3) is 5.69 Å². The van der Waals surface area contributed by atoms with E-state index in [9.17, 15) is 0 Å². The molecule has 0 bridgehead atoms. The van der Waals surface area contributed by atoms with Crippen molar-refractivity contribution < 1.29 is 9.13 Å². The van der Waals surface area contributed by atoms with Gasteiger partial charge in [0.05, 0.1) is 12.1 Å². The maximum Gasteiger partial charge on any atom is 0.222 e. The van der Waals surface area contributed by atoms with E-state index in [2.05, 4.69) is 122 Å². The van der Waals surface area contributed by atoms with Gasteiger partial charge in [-0.1, -0.05) is 45.0 Å². The fourth-order valence-corrected chi connectivity index (χ4v) is 2.94. The van der Waals surface area contributed by atoms with E-state index in [1.807, 2.05) is 0 Å². The first-order valence-corrected chi connectivity index (χ1v) is 9.10. The van der Waals surface area contributed by atoms with Crippen LogP contribution in [0, 0.1) is 0 Å². The van der Waals surface area contributed by atoms with Crippen molar-refractivity contribution in [1.82, 2.24) is 0 Å². The molecule has 3 aromatic rings. The molecule has 0 radical (unpaired) electrons. The van der Waals surface area contributed by atoms with Crippen molar-refractivity contribution in [2.45, 2.75) is 32.7 Å². The molecule has 2 aromatic heterocycles. The van der Waals surface area contributed by atoms with Gasteiger partial charge in [-0.3, -0.25) is 0 Å². The second-order valence-electron chi connectivity index (χ2n) is 8.03. The summed E-state index contributed by atoms with van der Waals surface area (Å²) in [6, 6.07) is 17.5. The van der Waals surface area contributed by atoms with E-state index in [1.165, 1.54) is 16.8 Å². The molecule has 2 heterocycles. The van der Waals surface area contributed by atoms with Crippen LogP contribution < -0.4 is 14.0 Å². The summed E-state index contributed by atoms with van der Waals surface area (Å²) in [6.45, 7) is 7.63. The summed E-state index contributed by atoms with van der Waals surface area (Å²) < 4.78 is 4.35. The minimum Gasteiger partial charge on any atom is -0.377 e. The highest BCUT2D eigenvalue weighted by Gasteiger charge is 2.14. The highest BCUT2D eigenvalue weighted by molar-refractivity contribution is 5.41. The molecule has 0 aliphatic carbocycles. The Bertz CT molecular complexity index is 840. The van der Waals surface area contributed by atoms with Crippen LogP contribution in [-0.4, -0.2) is 14.1 Å². The molecule has 0 N–H and O–H groups in total. The quantitative estimate of drug-likeness (QED) is 0.656. The van der Waals surface area contributed by atoms with Gasteiger partial charge in [-0.25, -0.2) is 4.57 Å². The SMILES string of the molecule is CN(C)c1cc[n+](-c2cc[n+](Cc3ccc(C(C)(C)C)cc3)cc2)cc1. The zero-order valence-corrected chi connectivity index (χ0v) is 16.5. The average Bonchev–Trinajstić information content (AvgIpc) is 2.62. The van der Waals surface area contributed by atoms with E-state index < -0.39 is 0 Å². The lowest BCUT2D eigenvalue weighted by atomic mass is 9.87. The highest BCUT2D eigenvalue weighted by atomic mass is 15.1. The summed E-state index contributed by atoms with van der Waals surface area (Å²) in [5.41, 5.74) is 5.26. The molecule has 1 aromatic carbocycles. The number of pyridine rings is 2. The molecule has 0 saturated carbocycles. The molecule has 3 heteroatoms. The van der Waals surface area contributed by atoms with Crippen LogP contribution in [0.2, 0.25) is 0 Å². The molecule has 0 unspecified atom stereocenters. The predicted molar refractivity (Wildman–Crippen MR) is 107 cm³/mol. The molecular formula is C23H29N3+2. The van der Waals surface area contributed by atoms with Crippen LogP contribution in [0.1, 0.15) is 31.9 Å². The van der Waals surface area contributed by atoms with Crippen LogP contribution in [0.3, 0.4) is 0 Å². The fraction of sp³-hybridized carbons (Fsp3) is 0.304. The molecule has 0 saturated heterocycles. The molecule has 26 heavy (non-hydrogen) atoms. The van der Waals surface area contributed by atoms with Crippen LogP contribution in [-0.2, 0) is 12.0 Å². The summed E-state index contributed by atoms with van der Waals surface area (Å²) >= 11 is 0. The lowest BCUT2D eigenvalue weighted by molar-refractivity contribution is -0.690. The third-order valence-electron chi connectivity index (χ3n) is 4.68. The first-order valence-electron chi connectivity index (χ1n) is 9.10. The molecule has 0 aliphatic heterocycles. The second kappa shape index (κ2) is 7.28. The van der Waals surface area contributed by atoms with Crippen LogP contribution in [0.5, 0.6) is 0 Å². The Balaban J connectivity index is 1.71. The van der Waals surface area contributed by atoms with Gasteiger partial charge < -0.3 is 4.90 Å². The third-order valence-corrected chi connectivity index (χ3v) is 4.68. The maximum absolute atomic E-state index is 2.25. The van der Waals surface area contributed by atoms with Crippen molar-refractivity contribution in [1.29, 1.82) is 0 Å². The molecule has 0 aliphatic rings. The van der Waals surface area contributed by atoms with Gasteiger partial charge in [0.1, 0.15) is 0 Å². The summed E-state index contributed by atoms with van der Waals surface area (Å²) in [4.78, 5) is 2.11. The van der Waals surface area contributed by atoms with Crippen molar-refractivity contribution in [3.8, 4) is 5.69 Å². The summed E-state index contributed by atoms with van der Waals surface area (Å²) in [5, 5.41) is 0. The number of nitrogens with zero attached hydrogens (tertiary/aromatic N) is 3. The second-order valence-corrected chi connectivity index (χ2v) is 8.03. The van der Waals surface area contributed by atoms with Gasteiger partial charge in [-0.15, -0.1) is 0 Å². The normalized spacial score (nSPS) is 11.4. The summed E-state index contributed by atoms with van der Waals surface area (Å²) in [5.74, 6) is 0. The van der Waals surface area contributed by atoms with Gasteiger partial charge in [0.2, 0.25) is 5.69 Å². The van der Waals surface area contributed by atoms with E-state index in [-0.39, 0.29) is 5.41 Å². The Morgan fingerprint density at radius 2 is 1.35 bits per heavy atom. The van der Waals surface area contributed by atoms with E-state index in [1.54, 1.807) is 0 Å². The Morgan fingerprint density at radius 3 is 1.85 bits per heavy atom. The van der Waals surface area contributed by atoms with Gasteiger partial charge in [-0.05, 0) is 11.0 Å². The number of anilines is 1. The van der Waals surface area contributed by atoms with E-state index in [4.69, 9.17) is 0 Å².